The maximum atomic E-state index is 12.1. The molecule has 1 aliphatic heterocycles. The first kappa shape index (κ1) is 16.0. The maximum absolute atomic E-state index is 12.1. The summed E-state index contributed by atoms with van der Waals surface area (Å²) in [6, 6.07) is 4.31. The Balaban J connectivity index is 1.93. The number of hydrogen-bond donors (Lipinski definition) is 3. The standard InChI is InChI=1S/C16H20N2O4/c1-2-15(20)18-11-5-6-14(19)13(10-11)16(21)17-8-7-12-4-3-9-22-12/h2,5-6,10,12,19H,1,3-4,7-9H2,(H,17,21)(H,18,20)/t12-/m1/s1. The van der Waals surface area contributed by atoms with Crippen LogP contribution in [0.5, 0.6) is 5.75 Å². The molecule has 2 amide bonds. The maximum Gasteiger partial charge on any atom is 0.255 e. The lowest BCUT2D eigenvalue weighted by atomic mass is 10.1. The van der Waals surface area contributed by atoms with Gasteiger partial charge in [-0.25, -0.2) is 0 Å². The number of benzene rings is 1. The Morgan fingerprint density at radius 3 is 2.95 bits per heavy atom. The minimum atomic E-state index is -0.384. The molecule has 0 unspecified atom stereocenters. The molecule has 1 aliphatic rings. The number of ether oxygens (including phenoxy) is 1. The number of phenols is 1. The highest BCUT2D eigenvalue weighted by atomic mass is 16.5. The molecule has 1 heterocycles. The van der Waals surface area contributed by atoms with Gasteiger partial charge < -0.3 is 20.5 Å². The summed E-state index contributed by atoms with van der Waals surface area (Å²) in [5, 5.41) is 15.1. The molecule has 2 rings (SSSR count). The molecule has 22 heavy (non-hydrogen) atoms. The van der Waals surface area contributed by atoms with Crippen LogP contribution in [-0.4, -0.2) is 36.2 Å². The van der Waals surface area contributed by atoms with Gasteiger partial charge in [0.25, 0.3) is 5.91 Å². The minimum Gasteiger partial charge on any atom is -0.507 e. The van der Waals surface area contributed by atoms with Crippen LogP contribution in [0.4, 0.5) is 5.69 Å². The average Bonchev–Trinajstić information content (AvgIpc) is 3.02. The molecule has 1 fully saturated rings. The summed E-state index contributed by atoms with van der Waals surface area (Å²) in [6.45, 7) is 4.62. The summed E-state index contributed by atoms with van der Waals surface area (Å²) in [4.78, 5) is 23.4. The summed E-state index contributed by atoms with van der Waals surface area (Å²) >= 11 is 0. The predicted molar refractivity (Wildman–Crippen MR) is 82.9 cm³/mol. The molecule has 6 heteroatoms. The third kappa shape index (κ3) is 4.33. The molecular weight excluding hydrogens is 284 g/mol. The molecule has 0 spiro atoms. The molecule has 3 N–H and O–H groups in total. The molecule has 6 nitrogen and oxygen atoms in total. The van der Waals surface area contributed by atoms with Crippen LogP contribution in [0, 0.1) is 0 Å². The first-order chi connectivity index (χ1) is 10.6. The topological polar surface area (TPSA) is 87.7 Å². The summed E-state index contributed by atoms with van der Waals surface area (Å²) in [5.41, 5.74) is 0.543. The van der Waals surface area contributed by atoms with E-state index in [-0.39, 0.29) is 29.2 Å². The lowest BCUT2D eigenvalue weighted by molar-refractivity contribution is -0.111. The lowest BCUT2D eigenvalue weighted by Crippen LogP contribution is -2.27. The van der Waals surface area contributed by atoms with Crippen LogP contribution in [0.25, 0.3) is 0 Å². The van der Waals surface area contributed by atoms with E-state index in [1.54, 1.807) is 0 Å². The van der Waals surface area contributed by atoms with E-state index >= 15 is 0 Å². The number of hydrogen-bond acceptors (Lipinski definition) is 4. The van der Waals surface area contributed by atoms with Crippen LogP contribution in [0.1, 0.15) is 29.6 Å². The van der Waals surface area contributed by atoms with Crippen molar-refractivity contribution < 1.29 is 19.4 Å². The Hall–Kier alpha value is -2.34. The van der Waals surface area contributed by atoms with Gasteiger partial charge in [0.2, 0.25) is 5.91 Å². The molecule has 1 aromatic rings. The second-order valence-electron chi connectivity index (χ2n) is 5.10. The van der Waals surface area contributed by atoms with E-state index in [1.807, 2.05) is 0 Å². The number of anilines is 1. The SMILES string of the molecule is C=CC(=O)Nc1ccc(O)c(C(=O)NCC[C@H]2CCCO2)c1. The molecule has 0 saturated carbocycles. The van der Waals surface area contributed by atoms with Gasteiger partial charge in [0.1, 0.15) is 5.75 Å². The van der Waals surface area contributed by atoms with E-state index in [2.05, 4.69) is 17.2 Å². The van der Waals surface area contributed by atoms with Gasteiger partial charge in [0.05, 0.1) is 11.7 Å². The van der Waals surface area contributed by atoms with Gasteiger partial charge in [-0.3, -0.25) is 9.59 Å². The highest BCUT2D eigenvalue weighted by molar-refractivity contribution is 6.01. The van der Waals surface area contributed by atoms with Crippen molar-refractivity contribution in [1.29, 1.82) is 0 Å². The second kappa shape index (κ2) is 7.61. The molecule has 118 valence electrons. The van der Waals surface area contributed by atoms with Gasteiger partial charge in [0, 0.05) is 18.8 Å². The smallest absolute Gasteiger partial charge is 0.255 e. The van der Waals surface area contributed by atoms with Crippen LogP contribution in [0.15, 0.2) is 30.9 Å². The molecular formula is C16H20N2O4. The normalized spacial score (nSPS) is 17.0. The predicted octanol–water partition coefficient (Wildman–Crippen LogP) is 1.82. The molecule has 0 aromatic heterocycles. The molecule has 1 atom stereocenters. The summed E-state index contributed by atoms with van der Waals surface area (Å²) < 4.78 is 5.48. The van der Waals surface area contributed by atoms with Crippen molar-refractivity contribution in [3.05, 3.63) is 36.4 Å². The van der Waals surface area contributed by atoms with E-state index < -0.39 is 0 Å². The lowest BCUT2D eigenvalue weighted by Gasteiger charge is -2.11. The van der Waals surface area contributed by atoms with E-state index in [0.29, 0.717) is 12.2 Å². The Labute approximate surface area is 129 Å². The Morgan fingerprint density at radius 2 is 2.27 bits per heavy atom. The number of carbonyl (C=O) groups is 2. The fourth-order valence-corrected chi connectivity index (χ4v) is 2.30. The van der Waals surface area contributed by atoms with Gasteiger partial charge >= 0.3 is 0 Å². The average molecular weight is 304 g/mol. The number of aromatic hydroxyl groups is 1. The summed E-state index contributed by atoms with van der Waals surface area (Å²) in [7, 11) is 0. The minimum absolute atomic E-state index is 0.120. The van der Waals surface area contributed by atoms with Gasteiger partial charge in [0.15, 0.2) is 0 Å². The highest BCUT2D eigenvalue weighted by Crippen LogP contribution is 2.21. The van der Waals surface area contributed by atoms with Gasteiger partial charge in [-0.2, -0.15) is 0 Å². The van der Waals surface area contributed by atoms with Crippen LogP contribution >= 0.6 is 0 Å². The Morgan fingerprint density at radius 1 is 1.45 bits per heavy atom. The molecule has 1 aromatic carbocycles. The molecule has 1 saturated heterocycles. The molecule has 0 aliphatic carbocycles. The van der Waals surface area contributed by atoms with Gasteiger partial charge in [-0.05, 0) is 43.5 Å². The molecule has 0 bridgehead atoms. The number of rotatable bonds is 6. The van der Waals surface area contributed by atoms with Crippen molar-refractivity contribution in [2.45, 2.75) is 25.4 Å². The zero-order valence-corrected chi connectivity index (χ0v) is 12.3. The second-order valence-corrected chi connectivity index (χ2v) is 5.10. The number of nitrogens with one attached hydrogen (secondary N) is 2. The van der Waals surface area contributed by atoms with Crippen LogP contribution in [0.3, 0.4) is 0 Å². The van der Waals surface area contributed by atoms with Crippen molar-refractivity contribution >= 4 is 17.5 Å². The monoisotopic (exact) mass is 304 g/mol. The van der Waals surface area contributed by atoms with Crippen molar-refractivity contribution in [2.24, 2.45) is 0 Å². The largest absolute Gasteiger partial charge is 0.507 e. The van der Waals surface area contributed by atoms with E-state index in [9.17, 15) is 14.7 Å². The fraction of sp³-hybridized carbons (Fsp3) is 0.375. The van der Waals surface area contributed by atoms with Crippen molar-refractivity contribution in [3.63, 3.8) is 0 Å². The van der Waals surface area contributed by atoms with E-state index in [1.165, 1.54) is 18.2 Å². The Bertz CT molecular complexity index is 565. The highest BCUT2D eigenvalue weighted by Gasteiger charge is 2.16. The number of carbonyl (C=O) groups excluding carboxylic acids is 2. The number of phenolic OH excluding ortho intramolecular Hbond substituents is 1. The third-order valence-corrected chi connectivity index (χ3v) is 3.47. The zero-order chi connectivity index (χ0) is 15.9. The van der Waals surface area contributed by atoms with Crippen LogP contribution in [-0.2, 0) is 9.53 Å². The first-order valence-corrected chi connectivity index (χ1v) is 7.26. The number of amides is 2. The first-order valence-electron chi connectivity index (χ1n) is 7.26. The van der Waals surface area contributed by atoms with Crippen molar-refractivity contribution in [2.75, 3.05) is 18.5 Å². The van der Waals surface area contributed by atoms with Crippen LogP contribution < -0.4 is 10.6 Å². The zero-order valence-electron chi connectivity index (χ0n) is 12.3. The van der Waals surface area contributed by atoms with Gasteiger partial charge in [-0.15, -0.1) is 0 Å². The third-order valence-electron chi connectivity index (χ3n) is 3.47. The fourth-order valence-electron chi connectivity index (χ4n) is 2.30. The van der Waals surface area contributed by atoms with Crippen molar-refractivity contribution in [1.82, 2.24) is 5.32 Å². The summed E-state index contributed by atoms with van der Waals surface area (Å²) in [6.07, 6.45) is 4.16. The van der Waals surface area contributed by atoms with E-state index in [0.717, 1.165) is 31.9 Å². The molecule has 0 radical (unpaired) electrons. The summed E-state index contributed by atoms with van der Waals surface area (Å²) in [5.74, 6) is -0.896. The van der Waals surface area contributed by atoms with E-state index in [4.69, 9.17) is 4.74 Å². The Kier molecular flexibility index (Phi) is 5.55. The van der Waals surface area contributed by atoms with Crippen molar-refractivity contribution in [3.8, 4) is 5.75 Å². The van der Waals surface area contributed by atoms with Crippen LogP contribution in [0.2, 0.25) is 0 Å². The van der Waals surface area contributed by atoms with Gasteiger partial charge in [-0.1, -0.05) is 6.58 Å². The quantitative estimate of drug-likeness (QED) is 0.552.